The third-order valence-electron chi connectivity index (χ3n) is 2.65. The van der Waals surface area contributed by atoms with Crippen molar-refractivity contribution in [1.82, 2.24) is 0 Å². The number of nitrogens with one attached hydrogen (secondary N) is 1. The third kappa shape index (κ3) is 4.26. The molecule has 0 radical (unpaired) electrons. The zero-order chi connectivity index (χ0) is 15.4. The van der Waals surface area contributed by atoms with Crippen molar-refractivity contribution in [2.24, 2.45) is 0 Å². The van der Waals surface area contributed by atoms with E-state index in [0.29, 0.717) is 10.2 Å². The quantitative estimate of drug-likeness (QED) is 0.840. The maximum atomic E-state index is 13.5. The number of hydrogen-bond acceptors (Lipinski definition) is 2. The van der Waals surface area contributed by atoms with Crippen LogP contribution in [0.4, 0.5) is 14.5 Å². The summed E-state index contributed by atoms with van der Waals surface area (Å²) in [6.45, 7) is 1.51. The van der Waals surface area contributed by atoms with Crippen molar-refractivity contribution in [3.63, 3.8) is 0 Å². The van der Waals surface area contributed by atoms with E-state index in [1.165, 1.54) is 6.07 Å². The van der Waals surface area contributed by atoms with E-state index in [1.807, 2.05) is 19.1 Å². The lowest BCUT2D eigenvalue weighted by Gasteiger charge is -2.09. The van der Waals surface area contributed by atoms with Crippen molar-refractivity contribution in [2.45, 2.75) is 6.92 Å². The molecule has 110 valence electrons. The van der Waals surface area contributed by atoms with Gasteiger partial charge in [-0.15, -0.1) is 0 Å². The van der Waals surface area contributed by atoms with Crippen molar-refractivity contribution in [1.29, 1.82) is 0 Å². The lowest BCUT2D eigenvalue weighted by molar-refractivity contribution is -0.118. The molecule has 0 saturated heterocycles. The highest BCUT2D eigenvalue weighted by molar-refractivity contribution is 9.10. The molecule has 2 rings (SSSR count). The van der Waals surface area contributed by atoms with Crippen molar-refractivity contribution in [2.75, 3.05) is 11.9 Å². The number of carbonyl (C=O) groups is 1. The minimum absolute atomic E-state index is 0.319. The molecule has 0 atom stereocenters. The molecule has 0 aliphatic rings. The van der Waals surface area contributed by atoms with E-state index in [1.54, 1.807) is 12.1 Å². The molecule has 0 aliphatic carbocycles. The number of rotatable bonds is 4. The Balaban J connectivity index is 1.97. The molecule has 3 nitrogen and oxygen atoms in total. The largest absolute Gasteiger partial charge is 0.481 e. The van der Waals surface area contributed by atoms with E-state index in [2.05, 4.69) is 21.2 Å². The van der Waals surface area contributed by atoms with Crippen LogP contribution < -0.4 is 10.1 Å². The minimum atomic E-state index is -1.12. The van der Waals surface area contributed by atoms with Crippen LogP contribution in [0.2, 0.25) is 0 Å². The molecule has 0 aromatic heterocycles. The summed E-state index contributed by atoms with van der Waals surface area (Å²) in [5.74, 6) is -2.95. The highest BCUT2D eigenvalue weighted by Gasteiger charge is 2.13. The molecule has 0 bridgehead atoms. The van der Waals surface area contributed by atoms with Crippen LogP contribution in [0.5, 0.6) is 5.75 Å². The Bertz CT molecular complexity index is 659. The van der Waals surface area contributed by atoms with Gasteiger partial charge < -0.3 is 10.1 Å². The van der Waals surface area contributed by atoms with E-state index in [0.717, 1.165) is 11.6 Å². The van der Waals surface area contributed by atoms with E-state index in [-0.39, 0.29) is 5.75 Å². The van der Waals surface area contributed by atoms with Gasteiger partial charge in [-0.05, 0) is 31.2 Å². The summed E-state index contributed by atoms with van der Waals surface area (Å²) in [6, 6.07) is 9.42. The first-order valence-corrected chi connectivity index (χ1v) is 6.89. The Hall–Kier alpha value is -1.95. The van der Waals surface area contributed by atoms with Crippen LogP contribution in [0.3, 0.4) is 0 Å². The van der Waals surface area contributed by atoms with Crippen LogP contribution in [0.15, 0.2) is 40.9 Å². The van der Waals surface area contributed by atoms with Crippen LogP contribution in [0, 0.1) is 18.6 Å². The van der Waals surface area contributed by atoms with E-state index >= 15 is 0 Å². The van der Waals surface area contributed by atoms with Gasteiger partial charge in [-0.1, -0.05) is 33.6 Å². The van der Waals surface area contributed by atoms with Gasteiger partial charge in [0.05, 0.1) is 0 Å². The summed E-state index contributed by atoms with van der Waals surface area (Å²) in [5.41, 5.74) is 1.67. The molecule has 0 fully saturated rings. The first-order valence-electron chi connectivity index (χ1n) is 6.09. The molecule has 2 aromatic rings. The molecule has 0 aliphatic heterocycles. The van der Waals surface area contributed by atoms with Crippen LogP contribution in [0.1, 0.15) is 5.56 Å². The molecule has 2 aromatic carbocycles. The van der Waals surface area contributed by atoms with Gasteiger partial charge in [0, 0.05) is 10.2 Å². The molecular weight excluding hydrogens is 344 g/mol. The fourth-order valence-corrected chi connectivity index (χ4v) is 2.02. The molecule has 0 saturated carbocycles. The maximum absolute atomic E-state index is 13.5. The average molecular weight is 356 g/mol. The Kier molecular flexibility index (Phi) is 4.90. The van der Waals surface area contributed by atoms with E-state index < -0.39 is 24.1 Å². The topological polar surface area (TPSA) is 38.3 Å². The number of carbonyl (C=O) groups excluding carboxylic acids is 1. The summed E-state index contributed by atoms with van der Waals surface area (Å²) in [6.07, 6.45) is 0. The smallest absolute Gasteiger partial charge is 0.262 e. The highest BCUT2D eigenvalue weighted by Crippen LogP contribution is 2.25. The third-order valence-corrected chi connectivity index (χ3v) is 3.11. The summed E-state index contributed by atoms with van der Waals surface area (Å²) >= 11 is 3.03. The number of aryl methyl sites for hydroxylation is 1. The average Bonchev–Trinajstić information content (AvgIpc) is 2.44. The second-order valence-corrected chi connectivity index (χ2v) is 5.32. The molecule has 1 amide bonds. The van der Waals surface area contributed by atoms with Crippen molar-refractivity contribution >= 4 is 27.5 Å². The molecule has 21 heavy (non-hydrogen) atoms. The number of anilines is 1. The number of halogens is 3. The summed E-state index contributed by atoms with van der Waals surface area (Å²) in [4.78, 5) is 11.7. The molecule has 0 heterocycles. The van der Waals surface area contributed by atoms with Crippen LogP contribution in [-0.4, -0.2) is 12.5 Å². The molecular formula is C15H12BrF2NO2. The van der Waals surface area contributed by atoms with Gasteiger partial charge in [-0.2, -0.15) is 4.39 Å². The number of ether oxygens (including phenoxy) is 1. The fourth-order valence-electron chi connectivity index (χ4n) is 1.61. The Morgan fingerprint density at radius 3 is 2.57 bits per heavy atom. The monoisotopic (exact) mass is 355 g/mol. The predicted molar refractivity (Wildman–Crippen MR) is 79.4 cm³/mol. The van der Waals surface area contributed by atoms with Crippen LogP contribution in [-0.2, 0) is 4.79 Å². The fraction of sp³-hybridized carbons (Fsp3) is 0.133. The number of hydrogen-bond donors (Lipinski definition) is 1. The van der Waals surface area contributed by atoms with Crippen LogP contribution in [0.25, 0.3) is 0 Å². The maximum Gasteiger partial charge on any atom is 0.262 e. The van der Waals surface area contributed by atoms with Crippen molar-refractivity contribution in [3.8, 4) is 5.75 Å². The van der Waals surface area contributed by atoms with Crippen molar-refractivity contribution < 1.29 is 18.3 Å². The minimum Gasteiger partial charge on any atom is -0.481 e. The molecule has 6 heteroatoms. The Morgan fingerprint density at radius 2 is 1.90 bits per heavy atom. The first kappa shape index (κ1) is 15.4. The Morgan fingerprint density at radius 1 is 1.24 bits per heavy atom. The van der Waals surface area contributed by atoms with Crippen molar-refractivity contribution in [3.05, 3.63) is 58.1 Å². The van der Waals surface area contributed by atoms with Gasteiger partial charge in [0.15, 0.2) is 18.2 Å². The zero-order valence-corrected chi connectivity index (χ0v) is 12.7. The van der Waals surface area contributed by atoms with E-state index in [9.17, 15) is 13.6 Å². The standard InChI is InChI=1S/C15H12BrF2NO2/c1-9-2-4-11(5-3-9)19-14(20)8-21-13-7-10(16)6-12(17)15(13)18/h2-7H,8H2,1H3,(H,19,20). The van der Waals surface area contributed by atoms with Gasteiger partial charge >= 0.3 is 0 Å². The van der Waals surface area contributed by atoms with Gasteiger partial charge in [0.1, 0.15) is 0 Å². The highest BCUT2D eigenvalue weighted by atomic mass is 79.9. The second kappa shape index (κ2) is 6.67. The van der Waals surface area contributed by atoms with Gasteiger partial charge in [0.2, 0.25) is 5.82 Å². The summed E-state index contributed by atoms with van der Waals surface area (Å²) in [7, 11) is 0. The molecule has 1 N–H and O–H groups in total. The van der Waals surface area contributed by atoms with Gasteiger partial charge in [0.25, 0.3) is 5.91 Å². The lowest BCUT2D eigenvalue weighted by Crippen LogP contribution is -2.20. The Labute approximate surface area is 129 Å². The summed E-state index contributed by atoms with van der Waals surface area (Å²) < 4.78 is 31.9. The van der Waals surface area contributed by atoms with Gasteiger partial charge in [-0.3, -0.25) is 4.79 Å². The second-order valence-electron chi connectivity index (χ2n) is 4.40. The number of benzene rings is 2. The molecule has 0 spiro atoms. The lowest BCUT2D eigenvalue weighted by atomic mass is 10.2. The normalized spacial score (nSPS) is 10.3. The zero-order valence-electron chi connectivity index (χ0n) is 11.1. The van der Waals surface area contributed by atoms with Gasteiger partial charge in [-0.25, -0.2) is 4.39 Å². The number of amides is 1. The SMILES string of the molecule is Cc1ccc(NC(=O)COc2cc(Br)cc(F)c2F)cc1. The van der Waals surface area contributed by atoms with E-state index in [4.69, 9.17) is 4.74 Å². The first-order chi connectivity index (χ1) is 9.95. The predicted octanol–water partition coefficient (Wildman–Crippen LogP) is 4.05. The van der Waals surface area contributed by atoms with Crippen LogP contribution >= 0.6 is 15.9 Å². The summed E-state index contributed by atoms with van der Waals surface area (Å²) in [5, 5.41) is 2.60. The molecule has 0 unspecified atom stereocenters.